The third-order valence-electron chi connectivity index (χ3n) is 5.28. The smallest absolute Gasteiger partial charge is 0.229 e. The largest absolute Gasteiger partial charge is 0.508 e. The molecule has 0 saturated carbocycles. The maximum absolute atomic E-state index is 9.58. The highest BCUT2D eigenvalue weighted by molar-refractivity contribution is 5.80. The van der Waals surface area contributed by atoms with Crippen molar-refractivity contribution in [3.63, 3.8) is 0 Å². The second-order valence-electron chi connectivity index (χ2n) is 7.47. The van der Waals surface area contributed by atoms with E-state index in [-0.39, 0.29) is 5.75 Å². The number of nitrogens with one attached hydrogen (secondary N) is 1. The Morgan fingerprint density at radius 1 is 0.893 bits per heavy atom. The quantitative estimate of drug-likeness (QED) is 0.610. The number of anilines is 3. The molecule has 2 aromatic rings. The predicted molar refractivity (Wildman–Crippen MR) is 113 cm³/mol. The molecule has 0 atom stereocenters. The van der Waals surface area contributed by atoms with Crippen LogP contribution in [0.1, 0.15) is 44.1 Å². The number of phenolic OH excluding ortho intramolecular Hbond substituents is 1. The van der Waals surface area contributed by atoms with Gasteiger partial charge in [0.15, 0.2) is 5.82 Å². The van der Waals surface area contributed by atoms with Crippen LogP contribution in [0.5, 0.6) is 5.75 Å². The van der Waals surface area contributed by atoms with Gasteiger partial charge in [-0.25, -0.2) is 0 Å². The Morgan fingerprint density at radius 3 is 2.32 bits per heavy atom. The van der Waals surface area contributed by atoms with Gasteiger partial charge in [0.2, 0.25) is 5.95 Å². The van der Waals surface area contributed by atoms with E-state index in [9.17, 15) is 5.11 Å². The molecule has 2 aliphatic rings. The van der Waals surface area contributed by atoms with E-state index in [1.807, 2.05) is 12.1 Å². The Bertz CT molecular complexity index is 776. The van der Waals surface area contributed by atoms with E-state index in [1.165, 1.54) is 38.5 Å². The summed E-state index contributed by atoms with van der Waals surface area (Å²) in [7, 11) is 0. The lowest BCUT2D eigenvalue weighted by Gasteiger charge is -2.31. The average Bonchev–Trinajstić information content (AvgIpc) is 2.75. The fourth-order valence-electron chi connectivity index (χ4n) is 3.78. The average molecular weight is 380 g/mol. The van der Waals surface area contributed by atoms with Gasteiger partial charge in [0.1, 0.15) is 11.6 Å². The molecular weight excluding hydrogens is 352 g/mol. The lowest BCUT2D eigenvalue weighted by atomic mass is 10.1. The minimum Gasteiger partial charge on any atom is -0.508 e. The monoisotopic (exact) mass is 380 g/mol. The van der Waals surface area contributed by atoms with Crippen molar-refractivity contribution < 1.29 is 5.11 Å². The van der Waals surface area contributed by atoms with Crippen LogP contribution in [0.2, 0.25) is 0 Å². The number of hydrazone groups is 1. The summed E-state index contributed by atoms with van der Waals surface area (Å²) in [4.78, 5) is 14.2. The highest BCUT2D eigenvalue weighted by Gasteiger charge is 2.19. The van der Waals surface area contributed by atoms with Gasteiger partial charge in [-0.1, -0.05) is 12.1 Å². The first-order chi connectivity index (χ1) is 13.8. The van der Waals surface area contributed by atoms with Gasteiger partial charge in [0, 0.05) is 32.2 Å². The third-order valence-corrected chi connectivity index (χ3v) is 5.28. The first-order valence-electron chi connectivity index (χ1n) is 10.2. The summed E-state index contributed by atoms with van der Waals surface area (Å²) in [6, 6.07) is 8.99. The number of rotatable bonds is 5. The molecule has 28 heavy (non-hydrogen) atoms. The molecule has 1 aromatic heterocycles. The molecule has 0 amide bonds. The molecule has 0 radical (unpaired) electrons. The first-order valence-corrected chi connectivity index (χ1v) is 10.2. The molecule has 0 spiro atoms. The van der Waals surface area contributed by atoms with Crippen molar-refractivity contribution in [1.82, 2.24) is 9.97 Å². The molecule has 2 fully saturated rings. The van der Waals surface area contributed by atoms with Gasteiger partial charge in [-0.3, -0.25) is 5.43 Å². The van der Waals surface area contributed by atoms with E-state index in [4.69, 9.17) is 9.97 Å². The number of hydrogen-bond acceptors (Lipinski definition) is 7. The van der Waals surface area contributed by atoms with Crippen LogP contribution in [0.15, 0.2) is 35.4 Å². The van der Waals surface area contributed by atoms with E-state index in [0.717, 1.165) is 43.5 Å². The Balaban J connectivity index is 1.55. The van der Waals surface area contributed by atoms with E-state index >= 15 is 0 Å². The number of phenols is 1. The zero-order valence-corrected chi connectivity index (χ0v) is 16.2. The fourth-order valence-corrected chi connectivity index (χ4v) is 3.78. The topological polar surface area (TPSA) is 76.9 Å². The van der Waals surface area contributed by atoms with Gasteiger partial charge >= 0.3 is 0 Å². The van der Waals surface area contributed by atoms with Gasteiger partial charge in [0.25, 0.3) is 0 Å². The number of piperidine rings is 2. The van der Waals surface area contributed by atoms with Crippen LogP contribution in [0.3, 0.4) is 0 Å². The van der Waals surface area contributed by atoms with Crippen LogP contribution < -0.4 is 15.2 Å². The van der Waals surface area contributed by atoms with Crippen molar-refractivity contribution in [2.45, 2.75) is 38.5 Å². The summed E-state index contributed by atoms with van der Waals surface area (Å²) in [5.41, 5.74) is 3.88. The number of nitrogens with zero attached hydrogens (tertiary/aromatic N) is 5. The lowest BCUT2D eigenvalue weighted by Crippen LogP contribution is -2.33. The molecule has 0 bridgehead atoms. The van der Waals surface area contributed by atoms with Crippen molar-refractivity contribution in [1.29, 1.82) is 0 Å². The molecule has 7 heteroatoms. The SMILES string of the molecule is Oc1cccc(C=NNc2cc(N3CCCCC3)nc(N3CCCCC3)n2)c1. The highest BCUT2D eigenvalue weighted by Crippen LogP contribution is 2.25. The Hall–Kier alpha value is -2.83. The van der Waals surface area contributed by atoms with Crippen molar-refractivity contribution in [2.24, 2.45) is 5.10 Å². The Morgan fingerprint density at radius 2 is 1.61 bits per heavy atom. The lowest BCUT2D eigenvalue weighted by molar-refractivity contribution is 0.475. The Labute approximate surface area is 166 Å². The zero-order chi connectivity index (χ0) is 19.2. The first kappa shape index (κ1) is 18.5. The van der Waals surface area contributed by atoms with E-state index in [1.54, 1.807) is 24.4 Å². The van der Waals surface area contributed by atoms with Crippen molar-refractivity contribution >= 4 is 23.8 Å². The molecule has 0 unspecified atom stereocenters. The number of benzene rings is 1. The summed E-state index contributed by atoms with van der Waals surface area (Å²) in [5.74, 6) is 2.70. The molecule has 148 valence electrons. The van der Waals surface area contributed by atoms with Gasteiger partial charge in [-0.05, 0) is 56.2 Å². The van der Waals surface area contributed by atoms with Crippen LogP contribution in [-0.2, 0) is 0 Å². The summed E-state index contributed by atoms with van der Waals surface area (Å²) in [6.07, 6.45) is 9.05. The normalized spacial score (nSPS) is 17.9. The standard InChI is InChI=1S/C21H28N6O/c28-18-9-7-8-17(14-18)16-22-25-19-15-20(26-10-3-1-4-11-26)24-21(23-19)27-12-5-2-6-13-27/h7-9,14-16,28H,1-6,10-13H2,(H,23,24,25). The van der Waals surface area contributed by atoms with Gasteiger partial charge in [0.05, 0.1) is 6.21 Å². The van der Waals surface area contributed by atoms with Gasteiger partial charge < -0.3 is 14.9 Å². The minimum absolute atomic E-state index is 0.228. The minimum atomic E-state index is 0.228. The molecular formula is C21H28N6O. The van der Waals surface area contributed by atoms with E-state index < -0.39 is 0 Å². The second-order valence-corrected chi connectivity index (χ2v) is 7.47. The number of aromatic nitrogens is 2. The van der Waals surface area contributed by atoms with Crippen molar-refractivity contribution in [3.05, 3.63) is 35.9 Å². The van der Waals surface area contributed by atoms with Crippen LogP contribution in [0.25, 0.3) is 0 Å². The summed E-state index contributed by atoms with van der Waals surface area (Å²) >= 11 is 0. The van der Waals surface area contributed by atoms with Crippen LogP contribution in [0.4, 0.5) is 17.6 Å². The van der Waals surface area contributed by atoms with Gasteiger partial charge in [-0.2, -0.15) is 15.1 Å². The van der Waals surface area contributed by atoms with Crippen molar-refractivity contribution in [2.75, 3.05) is 41.4 Å². The molecule has 0 aliphatic carbocycles. The molecule has 3 heterocycles. The second kappa shape index (κ2) is 8.91. The maximum Gasteiger partial charge on any atom is 0.229 e. The third kappa shape index (κ3) is 4.71. The van der Waals surface area contributed by atoms with Crippen LogP contribution in [-0.4, -0.2) is 47.5 Å². The van der Waals surface area contributed by atoms with Gasteiger partial charge in [-0.15, -0.1) is 0 Å². The summed E-state index contributed by atoms with van der Waals surface area (Å²) in [5, 5.41) is 13.9. The van der Waals surface area contributed by atoms with Crippen LogP contribution in [0, 0.1) is 0 Å². The molecule has 2 N–H and O–H groups in total. The molecule has 2 aliphatic heterocycles. The van der Waals surface area contributed by atoms with E-state index in [2.05, 4.69) is 20.3 Å². The molecule has 1 aromatic carbocycles. The number of aromatic hydroxyl groups is 1. The molecule has 7 nitrogen and oxygen atoms in total. The zero-order valence-electron chi connectivity index (χ0n) is 16.2. The maximum atomic E-state index is 9.58. The molecule has 4 rings (SSSR count). The fraction of sp³-hybridized carbons (Fsp3) is 0.476. The van der Waals surface area contributed by atoms with Crippen LogP contribution >= 0.6 is 0 Å². The Kier molecular flexibility index (Phi) is 5.89. The summed E-state index contributed by atoms with van der Waals surface area (Å²) in [6.45, 7) is 4.11. The predicted octanol–water partition coefficient (Wildman–Crippen LogP) is 3.61. The summed E-state index contributed by atoms with van der Waals surface area (Å²) < 4.78 is 0. The van der Waals surface area contributed by atoms with E-state index in [0.29, 0.717) is 5.82 Å². The van der Waals surface area contributed by atoms with Crippen molar-refractivity contribution in [3.8, 4) is 5.75 Å². The number of hydrogen-bond donors (Lipinski definition) is 2. The highest BCUT2D eigenvalue weighted by atomic mass is 16.3. The molecule has 2 saturated heterocycles.